The first-order valence-corrected chi connectivity index (χ1v) is 7.52. The Kier molecular flexibility index (Phi) is 7.78. The van der Waals surface area contributed by atoms with Gasteiger partial charge in [0.2, 0.25) is 6.10 Å². The van der Waals surface area contributed by atoms with Crippen LogP contribution in [0.5, 0.6) is 0 Å². The number of aliphatic hydroxyl groups is 2. The van der Waals surface area contributed by atoms with Gasteiger partial charge in [-0.15, -0.1) is 0 Å². The van der Waals surface area contributed by atoms with Crippen LogP contribution in [0, 0.1) is 0 Å². The van der Waals surface area contributed by atoms with Gasteiger partial charge in [0.05, 0.1) is 0 Å². The molecule has 216 valence electrons. The van der Waals surface area contributed by atoms with Crippen molar-refractivity contribution in [1.82, 2.24) is 0 Å². The molecule has 0 aliphatic rings. The highest BCUT2D eigenvalue weighted by Gasteiger charge is 2.98. The van der Waals surface area contributed by atoms with Crippen LogP contribution in [0.4, 0.5) is 87.8 Å². The molecule has 0 aromatic rings. The maximum absolute atomic E-state index is 13.5. The number of hydrogen-bond donors (Lipinski definition) is 3. The van der Waals surface area contributed by atoms with Gasteiger partial charge in [-0.3, -0.25) is 0 Å². The molecule has 0 saturated heterocycles. The summed E-state index contributed by atoms with van der Waals surface area (Å²) in [6.07, 6.45) is -13.1. The van der Waals surface area contributed by atoms with Crippen molar-refractivity contribution in [2.24, 2.45) is 0 Å². The maximum atomic E-state index is 13.5. The number of aliphatic hydroxyl groups excluding tert-OH is 1. The van der Waals surface area contributed by atoms with Crippen molar-refractivity contribution in [3.05, 3.63) is 0 Å². The van der Waals surface area contributed by atoms with Crippen LogP contribution in [0.25, 0.3) is 0 Å². The number of alkyl halides is 20. The van der Waals surface area contributed by atoms with Crippen LogP contribution in [0.15, 0.2) is 0 Å². The molecule has 36 heavy (non-hydrogen) atoms. The second-order valence-corrected chi connectivity index (χ2v) is 6.51. The number of aliphatic carboxylic acids is 1. The molecule has 0 rings (SSSR count). The fourth-order valence-electron chi connectivity index (χ4n) is 1.92. The molecular weight excluding hydrogens is 588 g/mol. The molecule has 0 heterocycles. The number of hydrogen-bond acceptors (Lipinski definition) is 3. The van der Waals surface area contributed by atoms with Crippen molar-refractivity contribution in [1.29, 1.82) is 0 Å². The quantitative estimate of drug-likeness (QED) is 0.321. The normalized spacial score (nSPS) is 18.6. The van der Waals surface area contributed by atoms with E-state index < -0.39 is 71.5 Å². The lowest BCUT2D eigenvalue weighted by Gasteiger charge is -2.45. The molecule has 2 atom stereocenters. The molecule has 3 N–H and O–H groups in total. The minimum Gasteiger partial charge on any atom is -0.479 e. The van der Waals surface area contributed by atoms with Crippen LogP contribution in [0.1, 0.15) is 0 Å². The average molecular weight is 592 g/mol. The van der Waals surface area contributed by atoms with E-state index in [2.05, 4.69) is 0 Å². The molecule has 0 radical (unpaired) electrons. The van der Waals surface area contributed by atoms with E-state index in [1.54, 1.807) is 0 Å². The topological polar surface area (TPSA) is 77.8 Å². The SMILES string of the molecule is O=C(O)C(O)C(O)(F)C(F)(F)C(F)(F)C(F)(F)C(F)(F)C(F)(F)C(F)(F)C(F)(F)C(F)(F)C(F)(F)F. The number of carboxylic acid groups (broad SMARTS) is 1. The van der Waals surface area contributed by atoms with Crippen LogP contribution in [-0.4, -0.2) is 86.8 Å². The summed E-state index contributed by atoms with van der Waals surface area (Å²) in [5.74, 6) is -82.1. The van der Waals surface area contributed by atoms with E-state index in [9.17, 15) is 92.6 Å². The first-order chi connectivity index (χ1) is 15.1. The van der Waals surface area contributed by atoms with Crippen molar-refractivity contribution in [2.75, 3.05) is 0 Å². The Morgan fingerprint density at radius 2 is 0.639 bits per heavy atom. The third-order valence-corrected chi connectivity index (χ3v) is 4.15. The van der Waals surface area contributed by atoms with Gasteiger partial charge in [0.15, 0.2) is 0 Å². The number of carboxylic acids is 1. The molecule has 4 nitrogen and oxygen atoms in total. The smallest absolute Gasteiger partial charge is 0.460 e. The molecule has 0 aromatic heterocycles. The van der Waals surface area contributed by atoms with Gasteiger partial charge in [-0.25, -0.2) is 9.18 Å². The second kappa shape index (κ2) is 8.24. The minimum atomic E-state index is -9.28. The van der Waals surface area contributed by atoms with Gasteiger partial charge in [-0.2, -0.15) is 83.4 Å². The highest BCUT2D eigenvalue weighted by atomic mass is 19.4. The molecule has 0 saturated carbocycles. The molecular formula is C12H4F20O4. The van der Waals surface area contributed by atoms with E-state index in [0.29, 0.717) is 0 Å². The Hall–Kier alpha value is -2.01. The van der Waals surface area contributed by atoms with Crippen LogP contribution in [-0.2, 0) is 4.79 Å². The fourth-order valence-corrected chi connectivity index (χ4v) is 1.92. The second-order valence-electron chi connectivity index (χ2n) is 6.51. The Bertz CT molecular complexity index is 842. The number of carbonyl (C=O) groups is 1. The molecule has 0 bridgehead atoms. The summed E-state index contributed by atoms with van der Waals surface area (Å²) in [5.41, 5.74) is 0. The summed E-state index contributed by atoms with van der Waals surface area (Å²) in [7, 11) is 0. The Morgan fingerprint density at radius 3 is 0.833 bits per heavy atom. The zero-order chi connectivity index (χ0) is 30.2. The van der Waals surface area contributed by atoms with Gasteiger partial charge < -0.3 is 15.3 Å². The van der Waals surface area contributed by atoms with Gasteiger partial charge >= 0.3 is 65.4 Å². The predicted octanol–water partition coefficient (Wildman–Crippen LogP) is 4.73. The summed E-state index contributed by atoms with van der Waals surface area (Å²) in [6, 6.07) is 0. The van der Waals surface area contributed by atoms with E-state index in [4.69, 9.17) is 15.3 Å². The van der Waals surface area contributed by atoms with Gasteiger partial charge in [0, 0.05) is 0 Å². The summed E-state index contributed by atoms with van der Waals surface area (Å²) in [4.78, 5) is 10.1. The maximum Gasteiger partial charge on any atom is 0.460 e. The van der Waals surface area contributed by atoms with Crippen LogP contribution < -0.4 is 0 Å². The van der Waals surface area contributed by atoms with Crippen molar-refractivity contribution >= 4 is 5.97 Å². The zero-order valence-corrected chi connectivity index (χ0v) is 15.4. The molecule has 0 aliphatic carbocycles. The molecule has 0 aromatic carbocycles. The summed E-state index contributed by atoms with van der Waals surface area (Å²) in [5, 5.41) is 24.7. The highest BCUT2D eigenvalue weighted by Crippen LogP contribution is 2.66. The monoisotopic (exact) mass is 592 g/mol. The van der Waals surface area contributed by atoms with Gasteiger partial charge in [-0.1, -0.05) is 0 Å². The molecule has 2 unspecified atom stereocenters. The molecule has 24 heteroatoms. The van der Waals surface area contributed by atoms with Gasteiger partial charge in [0.25, 0.3) is 0 Å². The Morgan fingerprint density at radius 1 is 0.444 bits per heavy atom. The van der Waals surface area contributed by atoms with Gasteiger partial charge in [-0.05, 0) is 0 Å². The van der Waals surface area contributed by atoms with Gasteiger partial charge in [0.1, 0.15) is 0 Å². The van der Waals surface area contributed by atoms with Crippen LogP contribution >= 0.6 is 0 Å². The Labute approximate surface area is 181 Å². The van der Waals surface area contributed by atoms with E-state index in [-0.39, 0.29) is 0 Å². The molecule has 0 aliphatic heterocycles. The lowest BCUT2D eigenvalue weighted by Crippen LogP contribution is -2.77. The molecule has 0 fully saturated rings. The zero-order valence-electron chi connectivity index (χ0n) is 15.4. The van der Waals surface area contributed by atoms with Crippen LogP contribution in [0.3, 0.4) is 0 Å². The first kappa shape index (κ1) is 34.0. The van der Waals surface area contributed by atoms with Crippen molar-refractivity contribution < 1.29 is 108 Å². The van der Waals surface area contributed by atoms with E-state index in [1.165, 1.54) is 0 Å². The summed E-state index contributed by atoms with van der Waals surface area (Å²) < 4.78 is 261. The Balaban J connectivity index is 7.14. The largest absolute Gasteiger partial charge is 0.479 e. The lowest BCUT2D eigenvalue weighted by atomic mass is 9.85. The van der Waals surface area contributed by atoms with Crippen molar-refractivity contribution in [3.8, 4) is 0 Å². The standard InChI is InChI=1S/C12H4F20O4/c13-3(36,1(33)2(34)35)4(14,15)5(16,17)6(18,19)7(20,21)8(22,23)9(24,25)10(26,27)11(28,29)12(30,31)32/h1,33,36H,(H,34,35). The minimum absolute atomic E-state index is 3.59. The first-order valence-electron chi connectivity index (χ1n) is 7.52. The van der Waals surface area contributed by atoms with Crippen LogP contribution in [0.2, 0.25) is 0 Å². The predicted molar refractivity (Wildman–Crippen MR) is 65.3 cm³/mol. The van der Waals surface area contributed by atoms with E-state index in [0.717, 1.165) is 0 Å². The van der Waals surface area contributed by atoms with E-state index in [1.807, 2.05) is 0 Å². The molecule has 0 amide bonds. The number of halogens is 20. The fraction of sp³-hybridized carbons (Fsp3) is 0.917. The summed E-state index contributed by atoms with van der Waals surface area (Å²) >= 11 is 0. The lowest BCUT2D eigenvalue weighted by molar-refractivity contribution is -0.477. The van der Waals surface area contributed by atoms with E-state index >= 15 is 0 Å². The molecule has 0 spiro atoms. The van der Waals surface area contributed by atoms with Crippen molar-refractivity contribution in [3.63, 3.8) is 0 Å². The van der Waals surface area contributed by atoms with Crippen molar-refractivity contribution in [2.45, 2.75) is 65.5 Å². The average Bonchev–Trinajstić information content (AvgIpc) is 2.64. The third-order valence-electron chi connectivity index (χ3n) is 4.15. The summed E-state index contributed by atoms with van der Waals surface area (Å²) in [6.45, 7) is 0. The third kappa shape index (κ3) is 3.88. The highest BCUT2D eigenvalue weighted by molar-refractivity contribution is 5.73. The number of rotatable bonds is 10.